The maximum absolute atomic E-state index is 14.5. The molecule has 4 saturated heterocycles. The zero-order valence-electron chi connectivity index (χ0n) is 90.7. The second kappa shape index (κ2) is 52.4. The smallest absolute Gasteiger partial charge is 0.408 e. The van der Waals surface area contributed by atoms with E-state index in [0.29, 0.717) is 5.69 Å². The Bertz CT molecular complexity index is 4110. The Morgan fingerprint density at radius 2 is 0.565 bits per heavy atom. The van der Waals surface area contributed by atoms with E-state index < -0.39 is 327 Å². The molecule has 1 aromatic rings. The quantitative estimate of drug-likeness (QED) is 0.0298. The van der Waals surface area contributed by atoms with Gasteiger partial charge < -0.3 is 189 Å². The Morgan fingerprint density at radius 1 is 0.313 bits per heavy atom. The second-order valence-electron chi connectivity index (χ2n) is 47.4. The van der Waals surface area contributed by atoms with Crippen LogP contribution in [0.4, 0.5) is 47.9 Å². The first-order valence-electron chi connectivity index (χ1n) is 50.0. The highest BCUT2D eigenvalue weighted by molar-refractivity contribution is 5.72. The van der Waals surface area contributed by atoms with Crippen LogP contribution in [-0.4, -0.2) is 383 Å². The highest BCUT2D eigenvalue weighted by Crippen LogP contribution is 2.40. The summed E-state index contributed by atoms with van der Waals surface area (Å²) in [5, 5.41) is 129. The van der Waals surface area contributed by atoms with Crippen molar-refractivity contribution in [3.63, 3.8) is 0 Å². The van der Waals surface area contributed by atoms with E-state index in [2.05, 4.69) is 63.5 Å². The van der Waals surface area contributed by atoms with Gasteiger partial charge in [-0.1, -0.05) is 5.21 Å². The first-order chi connectivity index (χ1) is 67.5. The lowest BCUT2D eigenvalue weighted by Crippen LogP contribution is -2.71. The van der Waals surface area contributed by atoms with Crippen molar-refractivity contribution in [2.24, 2.45) is 0 Å². The van der Waals surface area contributed by atoms with E-state index in [4.69, 9.17) is 94.7 Å². The number of amides is 10. The number of ether oxygens (including phenoxy) is 20. The molecule has 0 spiro atoms. The first-order valence-corrected chi connectivity index (χ1v) is 50.0. The summed E-state index contributed by atoms with van der Waals surface area (Å²) in [6.45, 7) is 45.3. The Hall–Kier alpha value is -8.88. The summed E-state index contributed by atoms with van der Waals surface area (Å²) in [5.41, 5.74) is -10.4. The molecular weight excluding hydrogens is 1940 g/mol. The number of aryl methyl sites for hydroxylation is 2. The number of aromatic nitrogens is 3. The van der Waals surface area contributed by atoms with E-state index in [-0.39, 0.29) is 64.7 Å². The van der Waals surface area contributed by atoms with Gasteiger partial charge in [0, 0.05) is 51.9 Å². The van der Waals surface area contributed by atoms with Gasteiger partial charge in [-0.2, -0.15) is 0 Å². The molecule has 1 aromatic heterocycles. The molecule has 846 valence electrons. The van der Waals surface area contributed by atoms with Gasteiger partial charge in [-0.3, -0.25) is 4.68 Å². The van der Waals surface area contributed by atoms with Crippen LogP contribution in [-0.2, 0) is 108 Å². The number of aliphatic hydroxyl groups excluding tert-OH is 8. The van der Waals surface area contributed by atoms with E-state index in [1.165, 1.54) is 0 Å². The van der Waals surface area contributed by atoms with Gasteiger partial charge in [-0.05, 0) is 253 Å². The Morgan fingerprint density at radius 3 is 0.844 bits per heavy atom. The first kappa shape index (κ1) is 125. The van der Waals surface area contributed by atoms with Crippen LogP contribution in [0, 0.1) is 0 Å². The summed E-state index contributed by atoms with van der Waals surface area (Å²) in [6.07, 6.45) is -42.4. The van der Waals surface area contributed by atoms with Gasteiger partial charge in [-0.15, -0.1) is 5.10 Å². The van der Waals surface area contributed by atoms with Crippen LogP contribution in [0.3, 0.4) is 0 Å². The zero-order chi connectivity index (χ0) is 111. The number of nitrogens with zero attached hydrogens (tertiary/aromatic N) is 3. The van der Waals surface area contributed by atoms with E-state index in [1.54, 1.807) is 219 Å². The van der Waals surface area contributed by atoms with E-state index in [1.807, 2.05) is 0 Å². The molecule has 0 radical (unpaired) electrons. The summed E-state index contributed by atoms with van der Waals surface area (Å²) < 4.78 is 126. The second-order valence-corrected chi connectivity index (χ2v) is 47.4. The van der Waals surface area contributed by atoms with Gasteiger partial charge in [-0.25, -0.2) is 47.9 Å². The van der Waals surface area contributed by atoms with Crippen molar-refractivity contribution in [2.45, 2.75) is 499 Å². The minimum absolute atomic E-state index is 0.132. The molecule has 28 atom stereocenters. The Kier molecular flexibility index (Phi) is 44.6. The molecule has 0 bridgehead atoms. The number of carbonyl (C=O) groups is 10. The van der Waals surface area contributed by atoms with E-state index in [0.717, 1.165) is 0 Å². The number of aliphatic hydroxyl groups is 8. The summed E-state index contributed by atoms with van der Waals surface area (Å²) in [5.74, 6) is 0. The SMILES string of the molecule is CC(C)(C)OC(=O)NC[C@H]1O[C@H](O[C@H]2[C@H](OCCCCc3cn(CCCCO[C@@H]4[C@@H](O[C@H]5O[C@H](CO)[C@@H](O)[C@H](NC(=O)OC(C)(C)C)[C@H]5O)[C@H](NC(=O)OC(C)(C)C)C[C@H](NC(=O)OC(C)(C)C)[C@H]4O[C@H]4O[C@H](CNC(=O)OC(C)(C)C)[C@@H](O)C[C@H]4NC(=O)OC(C)(C)C)nn3)[C@@H](O[C@H]3O[C@H](CO)[C@@H](O)[C@H](NC(=O)OC(C)(C)C)[C@H]3O)[C@H](NC(=O)OC(C)(C)C)C[C@@H]2NC(=O)OC(C)(C)C)[C@H](NC(=O)OC(C)(C)C)C[C@@H]1O. The average Bonchev–Trinajstić information content (AvgIpc) is 0.827. The number of hydrogen-bond acceptors (Lipinski definition) is 40. The molecule has 5 heterocycles. The molecule has 7 rings (SSSR count). The third kappa shape index (κ3) is 43.4. The molecule has 18 N–H and O–H groups in total. The molecule has 4 aliphatic heterocycles. The van der Waals surface area contributed by atoms with Crippen LogP contribution in [0.15, 0.2) is 6.20 Å². The van der Waals surface area contributed by atoms with Crippen LogP contribution in [0.2, 0.25) is 0 Å². The minimum Gasteiger partial charge on any atom is -0.444 e. The van der Waals surface area contributed by atoms with Gasteiger partial charge in [0.25, 0.3) is 0 Å². The van der Waals surface area contributed by atoms with Gasteiger partial charge in [0.05, 0.1) is 79.5 Å². The lowest BCUT2D eigenvalue weighted by molar-refractivity contribution is -0.322. The normalized spacial score (nSPS) is 30.2. The molecular formula is C96H169N13O38. The van der Waals surface area contributed by atoms with Crippen LogP contribution < -0.4 is 53.2 Å². The van der Waals surface area contributed by atoms with Gasteiger partial charge in [0.2, 0.25) is 0 Å². The predicted molar refractivity (Wildman–Crippen MR) is 518 cm³/mol. The maximum Gasteiger partial charge on any atom is 0.408 e. The average molecular weight is 2110 g/mol. The van der Waals surface area contributed by atoms with E-state index >= 15 is 0 Å². The Labute approximate surface area is 859 Å². The summed E-state index contributed by atoms with van der Waals surface area (Å²) >= 11 is 0. The van der Waals surface area contributed by atoms with Crippen molar-refractivity contribution >= 4 is 60.9 Å². The van der Waals surface area contributed by atoms with Gasteiger partial charge in [0.15, 0.2) is 25.2 Å². The molecule has 51 heteroatoms. The van der Waals surface area contributed by atoms with E-state index in [9.17, 15) is 88.8 Å². The fraction of sp³-hybridized carbons (Fsp3) is 0.875. The molecule has 51 nitrogen and oxygen atoms in total. The standard InChI is InChI=1S/C96H169N13O38/c1-87(2,3)138-77(118)97-43-57-55(112)41-53(103-83(124)144-93(19,20)21)73(130-57)134-67-49(99-79(120)140-89(7,8)9)39-51(101-81(122)142-91(13,14)15)69(136-75-65(116)61(63(114)59(46-110)132-75)105-85(126)146-95(25,26)27)71(67)128-37-33-31-35-48-45-109(108-107-48)36-32-34-38-129-72-68(135-74-54(104-84(125)145-94(22,23)24)42-56(113)58(131-74)44-98-78(119)139-88(4,5)6)50(100-80(121)141-90(10,11)12)40-52(102-82(123)143-92(16,17)18)70(72)137-76-66(117)62(64(115)60(47-111)133-76)106-86(127)147-96(28,29)30/h45,49-76,110-117H,31-44,46-47H2,1-30H3,(H,97,118)(H,98,119)(H,99,120)(H,100,121)(H,101,122)(H,102,123)(H,103,124)(H,104,125)(H,105,126)(H,106,127)/t49-,50-,51+,52+,53+,54+,55-,56-,57+,58+,59+,60+,61-,62-,63+,64+,65+,66+,67+,68+,69-,70-,71-,72-,73+,74+,75+,76+/m0/s1. The lowest BCUT2D eigenvalue weighted by atomic mass is 9.82. The fourth-order valence-corrected chi connectivity index (χ4v) is 16.4. The fourth-order valence-electron chi connectivity index (χ4n) is 16.4. The van der Waals surface area contributed by atoms with Crippen molar-refractivity contribution in [1.82, 2.24) is 68.2 Å². The number of alkyl carbamates (subject to hydrolysis) is 10. The molecule has 147 heavy (non-hydrogen) atoms. The maximum atomic E-state index is 14.5. The molecule has 10 amide bonds. The summed E-state index contributed by atoms with van der Waals surface area (Å²) in [6, 6.07) is -11.6. The van der Waals surface area contributed by atoms with Crippen LogP contribution >= 0.6 is 0 Å². The van der Waals surface area contributed by atoms with Crippen molar-refractivity contribution in [1.29, 1.82) is 0 Å². The van der Waals surface area contributed by atoms with Gasteiger partial charge in [0.1, 0.15) is 141 Å². The molecule has 0 aromatic carbocycles. The van der Waals surface area contributed by atoms with Crippen LogP contribution in [0.1, 0.15) is 265 Å². The van der Waals surface area contributed by atoms with Crippen LogP contribution in [0.25, 0.3) is 0 Å². The van der Waals surface area contributed by atoms with Crippen molar-refractivity contribution < 1.29 is 184 Å². The topological polar surface area (TPSA) is 668 Å². The number of unbranched alkanes of at least 4 members (excludes halogenated alkanes) is 2. The molecule has 2 saturated carbocycles. The summed E-state index contributed by atoms with van der Waals surface area (Å²) in [7, 11) is 0. The highest BCUT2D eigenvalue weighted by Gasteiger charge is 2.59. The van der Waals surface area contributed by atoms with Gasteiger partial charge >= 0.3 is 60.9 Å². The number of hydrogen-bond donors (Lipinski definition) is 18. The molecule has 0 unspecified atom stereocenters. The van der Waals surface area contributed by atoms with Crippen molar-refractivity contribution in [2.75, 3.05) is 39.5 Å². The van der Waals surface area contributed by atoms with Crippen LogP contribution in [0.5, 0.6) is 0 Å². The molecule has 6 aliphatic rings. The minimum atomic E-state index is -2.03. The largest absolute Gasteiger partial charge is 0.444 e. The summed E-state index contributed by atoms with van der Waals surface area (Å²) in [4.78, 5) is 139. The van der Waals surface area contributed by atoms with Crippen molar-refractivity contribution in [3.05, 3.63) is 11.9 Å². The zero-order valence-corrected chi connectivity index (χ0v) is 90.7. The molecule has 2 aliphatic carbocycles. The number of nitrogens with one attached hydrogen (secondary N) is 10. The monoisotopic (exact) mass is 2110 g/mol. The number of rotatable bonds is 34. The molecule has 6 fully saturated rings. The van der Waals surface area contributed by atoms with Crippen molar-refractivity contribution in [3.8, 4) is 0 Å². The predicted octanol–water partition coefficient (Wildman–Crippen LogP) is 5.53. The Balaban J connectivity index is 1.29. The lowest BCUT2D eigenvalue weighted by Gasteiger charge is -2.50. The number of carbonyl (C=O) groups excluding carboxylic acids is 10. The highest BCUT2D eigenvalue weighted by atomic mass is 16.8. The third-order valence-corrected chi connectivity index (χ3v) is 22.0. The third-order valence-electron chi connectivity index (χ3n) is 22.0.